The lowest BCUT2D eigenvalue weighted by atomic mass is 10.1. The van der Waals surface area contributed by atoms with Crippen LogP contribution in [-0.4, -0.2) is 56.7 Å². The predicted molar refractivity (Wildman–Crippen MR) is 130 cm³/mol. The van der Waals surface area contributed by atoms with Gasteiger partial charge in [0.1, 0.15) is 0 Å². The van der Waals surface area contributed by atoms with Gasteiger partial charge in [-0.1, -0.05) is 68.8 Å². The van der Waals surface area contributed by atoms with Gasteiger partial charge in [-0.05, 0) is 37.5 Å². The molecular formula is C25H41NO4Si. The van der Waals surface area contributed by atoms with Crippen LogP contribution in [0.5, 0.6) is 0 Å². The average molecular weight is 448 g/mol. The highest BCUT2D eigenvalue weighted by molar-refractivity contribution is 6.74. The highest BCUT2D eigenvalue weighted by Crippen LogP contribution is 2.36. The van der Waals surface area contributed by atoms with Gasteiger partial charge >= 0.3 is 5.97 Å². The van der Waals surface area contributed by atoms with E-state index in [1.807, 2.05) is 37.3 Å². The number of hydrogen-bond donors (Lipinski definition) is 1. The summed E-state index contributed by atoms with van der Waals surface area (Å²) >= 11 is 0. The molecule has 0 fully saturated rings. The summed E-state index contributed by atoms with van der Waals surface area (Å²) in [5, 5.41) is 9.53. The minimum atomic E-state index is -1.96. The van der Waals surface area contributed by atoms with E-state index in [2.05, 4.69) is 50.9 Å². The lowest BCUT2D eigenvalue weighted by Gasteiger charge is -2.38. The number of nitrogens with zero attached hydrogens (tertiary/aromatic N) is 1. The molecule has 174 valence electrons. The third-order valence-electron chi connectivity index (χ3n) is 5.78. The fraction of sp³-hybridized carbons (Fsp3) is 0.560. The first-order valence-corrected chi connectivity index (χ1v) is 13.9. The van der Waals surface area contributed by atoms with E-state index in [1.54, 1.807) is 6.92 Å². The Kier molecular flexibility index (Phi) is 11.4. The smallest absolute Gasteiger partial charge is 0.330 e. The third-order valence-corrected chi connectivity index (χ3v) is 10.3. The van der Waals surface area contributed by atoms with Crippen molar-refractivity contribution in [3.8, 4) is 0 Å². The van der Waals surface area contributed by atoms with Crippen molar-refractivity contribution in [2.75, 3.05) is 26.4 Å². The first-order valence-electron chi connectivity index (χ1n) is 11.0. The molecule has 0 aliphatic rings. The van der Waals surface area contributed by atoms with Crippen LogP contribution >= 0.6 is 0 Å². The zero-order valence-corrected chi connectivity index (χ0v) is 21.4. The summed E-state index contributed by atoms with van der Waals surface area (Å²) in [6.07, 6.45) is 5.42. The zero-order chi connectivity index (χ0) is 23.5. The van der Waals surface area contributed by atoms with Crippen LogP contribution in [0.3, 0.4) is 0 Å². The van der Waals surface area contributed by atoms with Crippen molar-refractivity contribution >= 4 is 14.3 Å². The Bertz CT molecular complexity index is 723. The van der Waals surface area contributed by atoms with E-state index >= 15 is 0 Å². The molecule has 0 heterocycles. The van der Waals surface area contributed by atoms with Gasteiger partial charge in [0, 0.05) is 19.2 Å². The van der Waals surface area contributed by atoms with Gasteiger partial charge in [0.15, 0.2) is 8.32 Å². The summed E-state index contributed by atoms with van der Waals surface area (Å²) < 4.78 is 11.6. The van der Waals surface area contributed by atoms with Crippen molar-refractivity contribution in [1.29, 1.82) is 0 Å². The lowest BCUT2D eigenvalue weighted by Crippen LogP contribution is -2.45. The Hall–Kier alpha value is -1.73. The molecule has 5 nitrogen and oxygen atoms in total. The topological polar surface area (TPSA) is 59.0 Å². The number of benzene rings is 1. The molecule has 1 aromatic carbocycles. The summed E-state index contributed by atoms with van der Waals surface area (Å²) in [6.45, 7) is 17.0. The molecule has 0 aliphatic carbocycles. The highest BCUT2D eigenvalue weighted by atomic mass is 28.4. The van der Waals surface area contributed by atoms with E-state index in [0.717, 1.165) is 5.57 Å². The fourth-order valence-electron chi connectivity index (χ4n) is 2.65. The second-order valence-electron chi connectivity index (χ2n) is 9.37. The normalized spacial score (nSPS) is 14.3. The molecule has 0 aromatic heterocycles. The van der Waals surface area contributed by atoms with Crippen LogP contribution in [-0.2, 0) is 20.5 Å². The number of carbonyl (C=O) groups is 1. The SMILES string of the molecule is CCOC(=O)/C=C/[C@@H](CO[Si](C)(C)C(C)(C)C)N(C/C=C(\C)CO)Cc1ccccc1. The van der Waals surface area contributed by atoms with E-state index < -0.39 is 8.32 Å². The molecule has 0 amide bonds. The highest BCUT2D eigenvalue weighted by Gasteiger charge is 2.37. The second-order valence-corrected chi connectivity index (χ2v) is 14.2. The number of ether oxygens (including phenoxy) is 1. The Morgan fingerprint density at radius 3 is 2.42 bits per heavy atom. The Morgan fingerprint density at radius 1 is 1.23 bits per heavy atom. The average Bonchev–Trinajstić information content (AvgIpc) is 2.71. The molecule has 6 heteroatoms. The summed E-state index contributed by atoms with van der Waals surface area (Å²) in [7, 11) is -1.96. The van der Waals surface area contributed by atoms with Crippen LogP contribution in [0.25, 0.3) is 0 Å². The molecule has 1 N–H and O–H groups in total. The Morgan fingerprint density at radius 2 is 1.87 bits per heavy atom. The van der Waals surface area contributed by atoms with Gasteiger partial charge in [-0.25, -0.2) is 4.79 Å². The van der Waals surface area contributed by atoms with Crippen LogP contribution < -0.4 is 0 Å². The molecule has 0 saturated carbocycles. The van der Waals surface area contributed by atoms with E-state index in [-0.39, 0.29) is 23.7 Å². The van der Waals surface area contributed by atoms with Gasteiger partial charge in [-0.3, -0.25) is 4.90 Å². The second kappa shape index (κ2) is 13.0. The van der Waals surface area contributed by atoms with Gasteiger partial charge in [-0.2, -0.15) is 0 Å². The zero-order valence-electron chi connectivity index (χ0n) is 20.4. The number of rotatable bonds is 12. The summed E-state index contributed by atoms with van der Waals surface area (Å²) in [5.41, 5.74) is 2.09. The Labute approximate surface area is 189 Å². The van der Waals surface area contributed by atoms with E-state index in [1.165, 1.54) is 11.6 Å². The van der Waals surface area contributed by atoms with E-state index in [0.29, 0.717) is 26.3 Å². The maximum atomic E-state index is 12.0. The van der Waals surface area contributed by atoms with Gasteiger partial charge in [0.05, 0.1) is 25.9 Å². The summed E-state index contributed by atoms with van der Waals surface area (Å²) in [5.74, 6) is -0.346. The summed E-state index contributed by atoms with van der Waals surface area (Å²) in [6, 6.07) is 10.1. The van der Waals surface area contributed by atoms with Gasteiger partial charge < -0.3 is 14.3 Å². The number of esters is 1. The summed E-state index contributed by atoms with van der Waals surface area (Å²) in [4.78, 5) is 14.3. The molecule has 1 rings (SSSR count). The van der Waals surface area contributed by atoms with Crippen molar-refractivity contribution in [1.82, 2.24) is 4.90 Å². The van der Waals surface area contributed by atoms with Crippen LogP contribution in [0.1, 0.15) is 40.2 Å². The minimum absolute atomic E-state index is 0.0307. The molecule has 0 aliphatic heterocycles. The van der Waals surface area contributed by atoms with E-state index in [4.69, 9.17) is 9.16 Å². The Balaban J connectivity index is 3.18. The molecule has 0 spiro atoms. The first kappa shape index (κ1) is 27.3. The number of aliphatic hydroxyl groups is 1. The largest absolute Gasteiger partial charge is 0.463 e. The molecule has 31 heavy (non-hydrogen) atoms. The maximum absolute atomic E-state index is 12.0. The van der Waals surface area contributed by atoms with Crippen LogP contribution in [0, 0.1) is 0 Å². The maximum Gasteiger partial charge on any atom is 0.330 e. The molecule has 0 radical (unpaired) electrons. The minimum Gasteiger partial charge on any atom is -0.463 e. The number of aliphatic hydroxyl groups excluding tert-OH is 1. The van der Waals surface area contributed by atoms with Gasteiger partial charge in [0.2, 0.25) is 0 Å². The van der Waals surface area contributed by atoms with Crippen molar-refractivity contribution in [3.05, 3.63) is 59.7 Å². The third kappa shape index (κ3) is 9.95. The van der Waals surface area contributed by atoms with Crippen LogP contribution in [0.15, 0.2) is 54.1 Å². The standard InChI is InChI=1S/C25H41NO4Si/c1-8-29-24(28)15-14-23(20-30-31(6,7)25(3,4)5)26(17-16-21(2)19-27)18-22-12-10-9-11-13-22/h9-16,23,27H,8,17-20H2,1-7H3/b15-14+,21-16+/t23-/m0/s1. The van der Waals surface area contributed by atoms with E-state index in [9.17, 15) is 9.90 Å². The van der Waals surface area contributed by atoms with Gasteiger partial charge in [-0.15, -0.1) is 0 Å². The van der Waals surface area contributed by atoms with Gasteiger partial charge in [0.25, 0.3) is 0 Å². The lowest BCUT2D eigenvalue weighted by molar-refractivity contribution is -0.137. The molecule has 1 atom stereocenters. The molecular weight excluding hydrogens is 406 g/mol. The quantitative estimate of drug-likeness (QED) is 0.213. The molecule has 0 bridgehead atoms. The monoisotopic (exact) mass is 447 g/mol. The van der Waals surface area contributed by atoms with Crippen molar-refractivity contribution in [2.24, 2.45) is 0 Å². The van der Waals surface area contributed by atoms with Crippen LogP contribution in [0.4, 0.5) is 0 Å². The van der Waals surface area contributed by atoms with Crippen molar-refractivity contribution in [3.63, 3.8) is 0 Å². The predicted octanol–water partition coefficient (Wildman–Crippen LogP) is 4.94. The van der Waals surface area contributed by atoms with Crippen molar-refractivity contribution < 1.29 is 19.1 Å². The molecule has 1 aromatic rings. The molecule has 0 saturated heterocycles. The van der Waals surface area contributed by atoms with Crippen molar-refractivity contribution in [2.45, 2.75) is 65.3 Å². The van der Waals surface area contributed by atoms with Crippen LogP contribution in [0.2, 0.25) is 18.1 Å². The number of hydrogen-bond acceptors (Lipinski definition) is 5. The molecule has 0 unspecified atom stereocenters. The first-order chi connectivity index (χ1) is 14.5. The fourth-order valence-corrected chi connectivity index (χ4v) is 3.67. The number of carbonyl (C=O) groups excluding carboxylic acids is 1.